The number of anilines is 1. The molecule has 1 aliphatic rings. The van der Waals surface area contributed by atoms with E-state index < -0.39 is 0 Å². The Balaban J connectivity index is 1.90. The highest BCUT2D eigenvalue weighted by Gasteiger charge is 2.22. The fraction of sp³-hybridized carbons (Fsp3) is 0.474. The Hall–Kier alpha value is -1.89. The van der Waals surface area contributed by atoms with Crippen LogP contribution in [0.2, 0.25) is 5.02 Å². The summed E-state index contributed by atoms with van der Waals surface area (Å²) in [5, 5.41) is 5.00. The van der Waals surface area contributed by atoms with E-state index in [0.29, 0.717) is 17.2 Å². The maximum atomic E-state index is 12.4. The number of halogens is 1. The van der Waals surface area contributed by atoms with Crippen LogP contribution in [-0.4, -0.2) is 52.0 Å². The van der Waals surface area contributed by atoms with E-state index in [0.717, 1.165) is 61.5 Å². The molecule has 26 heavy (non-hydrogen) atoms. The molecule has 0 aliphatic carbocycles. The highest BCUT2D eigenvalue weighted by Crippen LogP contribution is 2.29. The Kier molecular flexibility index (Phi) is 6.29. The molecule has 3 rings (SSSR count). The minimum atomic E-state index is -0.343. The van der Waals surface area contributed by atoms with Crippen molar-refractivity contribution in [3.63, 3.8) is 0 Å². The fourth-order valence-electron chi connectivity index (χ4n) is 3.33. The van der Waals surface area contributed by atoms with Crippen molar-refractivity contribution < 1.29 is 24.2 Å². The summed E-state index contributed by atoms with van der Waals surface area (Å²) in [6.07, 6.45) is 1.71. The van der Waals surface area contributed by atoms with Crippen LogP contribution in [-0.2, 0) is 9.47 Å². The maximum absolute atomic E-state index is 12.4. The molecule has 1 saturated heterocycles. The number of ether oxygens (including phenoxy) is 2. The average Bonchev–Trinajstić information content (AvgIpc) is 2.63. The summed E-state index contributed by atoms with van der Waals surface area (Å²) in [5.74, 6) is -0.343. The van der Waals surface area contributed by atoms with Crippen molar-refractivity contribution in [2.75, 3.05) is 51.3 Å². The van der Waals surface area contributed by atoms with Gasteiger partial charge >= 0.3 is 5.97 Å². The largest absolute Gasteiger partial charge is 0.462 e. The number of quaternary nitrogens is 1. The normalized spacial score (nSPS) is 15.2. The van der Waals surface area contributed by atoms with E-state index in [-0.39, 0.29) is 5.97 Å². The molecule has 2 heterocycles. The van der Waals surface area contributed by atoms with Crippen molar-refractivity contribution in [1.82, 2.24) is 0 Å². The van der Waals surface area contributed by atoms with Crippen molar-refractivity contribution in [2.24, 2.45) is 0 Å². The molecule has 0 unspecified atom stereocenters. The molecule has 0 amide bonds. The molecule has 140 valence electrons. The van der Waals surface area contributed by atoms with Crippen LogP contribution in [0, 0.1) is 6.92 Å². The van der Waals surface area contributed by atoms with Gasteiger partial charge in [0.05, 0.1) is 44.0 Å². The Morgan fingerprint density at radius 1 is 1.38 bits per heavy atom. The average molecular weight is 380 g/mol. The number of morpholine rings is 1. The summed E-state index contributed by atoms with van der Waals surface area (Å²) in [4.78, 5) is 17.1. The molecule has 1 aromatic heterocycles. The van der Waals surface area contributed by atoms with Gasteiger partial charge in [0.1, 0.15) is 18.7 Å². The Morgan fingerprint density at radius 3 is 2.88 bits per heavy atom. The van der Waals surface area contributed by atoms with Crippen LogP contribution in [0.3, 0.4) is 0 Å². The number of hydrogen-bond donors (Lipinski definition) is 2. The molecule has 1 fully saturated rings. The third kappa shape index (κ3) is 4.26. The molecule has 1 aromatic carbocycles. The van der Waals surface area contributed by atoms with E-state index in [9.17, 15) is 4.79 Å². The Morgan fingerprint density at radius 2 is 2.15 bits per heavy atom. The van der Waals surface area contributed by atoms with Gasteiger partial charge in [0.25, 0.3) is 0 Å². The van der Waals surface area contributed by atoms with Gasteiger partial charge < -0.3 is 19.7 Å². The van der Waals surface area contributed by atoms with Gasteiger partial charge in [-0.1, -0.05) is 11.6 Å². The monoisotopic (exact) mass is 379 g/mol. The standard InChI is InChI=1S/C19H24ClN3O3/c1-3-26-19(24)16-12-22-17-13(2)10-14(20)11-15(17)18(16)21-4-5-23-6-8-25-9-7-23/h10-12H,3-9H2,1-2H3,(H,21,22)/p+2. The van der Waals surface area contributed by atoms with E-state index in [1.165, 1.54) is 4.90 Å². The van der Waals surface area contributed by atoms with E-state index in [1.54, 1.807) is 13.1 Å². The van der Waals surface area contributed by atoms with Crippen LogP contribution in [0.5, 0.6) is 0 Å². The molecular formula is C19H26ClN3O3+2. The molecule has 0 atom stereocenters. The van der Waals surface area contributed by atoms with Crippen LogP contribution in [0.1, 0.15) is 22.8 Å². The first-order valence-corrected chi connectivity index (χ1v) is 9.44. The number of H-pyrrole nitrogens is 1. The molecule has 0 radical (unpaired) electrons. The van der Waals surface area contributed by atoms with Gasteiger partial charge in [0.15, 0.2) is 6.20 Å². The van der Waals surface area contributed by atoms with Crippen molar-refractivity contribution in [1.29, 1.82) is 0 Å². The number of aromatic nitrogens is 1. The second kappa shape index (κ2) is 8.66. The SMILES string of the molecule is CCOC(=O)c1c[nH+]c2c(C)cc(Cl)cc2c1NCC[NH+]1CCOCC1. The van der Waals surface area contributed by atoms with Gasteiger partial charge in [-0.3, -0.25) is 0 Å². The van der Waals surface area contributed by atoms with Gasteiger partial charge in [-0.05, 0) is 26.0 Å². The predicted molar refractivity (Wildman–Crippen MR) is 101 cm³/mol. The number of pyridine rings is 1. The topological polar surface area (TPSA) is 66.1 Å². The lowest BCUT2D eigenvalue weighted by molar-refractivity contribution is -0.906. The minimum absolute atomic E-state index is 0.336. The highest BCUT2D eigenvalue weighted by atomic mass is 35.5. The Labute approximate surface area is 158 Å². The molecule has 0 bridgehead atoms. The molecule has 7 heteroatoms. The first kappa shape index (κ1) is 18.9. The summed E-state index contributed by atoms with van der Waals surface area (Å²) < 4.78 is 10.6. The lowest BCUT2D eigenvalue weighted by Crippen LogP contribution is -3.14. The lowest BCUT2D eigenvalue weighted by atomic mass is 10.1. The fourth-order valence-corrected chi connectivity index (χ4v) is 3.60. The molecular weight excluding hydrogens is 354 g/mol. The number of aromatic amines is 1. The van der Waals surface area contributed by atoms with Crippen LogP contribution in [0.15, 0.2) is 18.3 Å². The van der Waals surface area contributed by atoms with Crippen LogP contribution in [0.4, 0.5) is 5.69 Å². The van der Waals surface area contributed by atoms with Crippen molar-refractivity contribution >= 4 is 34.2 Å². The maximum Gasteiger partial charge on any atom is 0.346 e. The van der Waals surface area contributed by atoms with Crippen LogP contribution in [0.25, 0.3) is 10.9 Å². The molecule has 1 aliphatic heterocycles. The quantitative estimate of drug-likeness (QED) is 0.738. The molecule has 2 aromatic rings. The van der Waals surface area contributed by atoms with Gasteiger partial charge in [-0.15, -0.1) is 0 Å². The molecule has 6 nitrogen and oxygen atoms in total. The number of nitrogens with one attached hydrogen (secondary N) is 3. The summed E-state index contributed by atoms with van der Waals surface area (Å²) in [6.45, 7) is 9.50. The number of esters is 1. The summed E-state index contributed by atoms with van der Waals surface area (Å²) >= 11 is 6.27. The summed E-state index contributed by atoms with van der Waals surface area (Å²) in [7, 11) is 0. The third-order valence-electron chi connectivity index (χ3n) is 4.68. The van der Waals surface area contributed by atoms with Crippen molar-refractivity contribution in [3.8, 4) is 0 Å². The first-order valence-electron chi connectivity index (χ1n) is 9.07. The van der Waals surface area contributed by atoms with Crippen LogP contribution < -0.4 is 15.2 Å². The lowest BCUT2D eigenvalue weighted by Gasteiger charge is -2.24. The minimum Gasteiger partial charge on any atom is -0.462 e. The second-order valence-electron chi connectivity index (χ2n) is 6.48. The van der Waals surface area contributed by atoms with Crippen molar-refractivity contribution in [2.45, 2.75) is 13.8 Å². The van der Waals surface area contributed by atoms with E-state index in [4.69, 9.17) is 21.1 Å². The van der Waals surface area contributed by atoms with E-state index >= 15 is 0 Å². The van der Waals surface area contributed by atoms with Crippen molar-refractivity contribution in [3.05, 3.63) is 34.5 Å². The number of carbonyl (C=O) groups is 1. The number of hydrogen-bond acceptors (Lipinski definition) is 4. The molecule has 0 saturated carbocycles. The summed E-state index contributed by atoms with van der Waals surface area (Å²) in [5.41, 5.74) is 3.27. The number of rotatable bonds is 6. The number of carbonyl (C=O) groups excluding carboxylic acids is 1. The van der Waals surface area contributed by atoms with E-state index in [1.807, 2.05) is 19.1 Å². The number of aryl methyl sites for hydroxylation is 1. The predicted octanol–water partition coefficient (Wildman–Crippen LogP) is 1.12. The summed E-state index contributed by atoms with van der Waals surface area (Å²) in [6, 6.07) is 3.79. The molecule has 3 N–H and O–H groups in total. The van der Waals surface area contributed by atoms with Crippen LogP contribution >= 0.6 is 11.6 Å². The third-order valence-corrected chi connectivity index (χ3v) is 4.89. The van der Waals surface area contributed by atoms with Gasteiger partial charge in [-0.2, -0.15) is 0 Å². The van der Waals surface area contributed by atoms with Gasteiger partial charge in [0, 0.05) is 10.6 Å². The van der Waals surface area contributed by atoms with E-state index in [2.05, 4.69) is 10.3 Å². The Bertz CT molecular complexity index is 791. The van der Waals surface area contributed by atoms with Gasteiger partial charge in [0.2, 0.25) is 5.52 Å². The van der Waals surface area contributed by atoms with Gasteiger partial charge in [-0.25, -0.2) is 9.78 Å². The number of benzene rings is 1. The highest BCUT2D eigenvalue weighted by molar-refractivity contribution is 6.31. The molecule has 0 spiro atoms. The first-order chi connectivity index (χ1) is 12.6. The zero-order chi connectivity index (χ0) is 18.5. The smallest absolute Gasteiger partial charge is 0.346 e. The number of fused-ring (bicyclic) bond motifs is 1. The second-order valence-corrected chi connectivity index (χ2v) is 6.92. The zero-order valence-corrected chi connectivity index (χ0v) is 16.0. The zero-order valence-electron chi connectivity index (χ0n) is 15.3.